The smallest absolute Gasteiger partial charge is 0.234 e. The molecule has 0 radical (unpaired) electrons. The third kappa shape index (κ3) is 6.18. The van der Waals surface area contributed by atoms with Crippen molar-refractivity contribution in [3.8, 4) is 11.5 Å². The summed E-state index contributed by atoms with van der Waals surface area (Å²) in [6, 6.07) is 13.7. The quantitative estimate of drug-likeness (QED) is 0.693. The molecule has 0 saturated carbocycles. The molecular formula is C23H29FN2O4. The molecule has 1 heterocycles. The number of methoxy groups -OCH3 is 1. The molecule has 1 amide bonds. The number of halogens is 1. The standard InChI is InChI=1S/C23H29FN2O4/c1-29-20-9-4-2-7-18(20)15-25-22(27)16-26-13-6-11-23(28,12-14-26)17-30-21-10-5-3-8-19(21)24/h2-5,7-10,28H,6,11-17H2,1H3,(H,25,27)/t23-/m1/s1. The van der Waals surface area contributed by atoms with Crippen molar-refractivity contribution < 1.29 is 23.8 Å². The van der Waals surface area contributed by atoms with E-state index in [1.165, 1.54) is 6.07 Å². The maximum absolute atomic E-state index is 13.7. The molecule has 0 aliphatic carbocycles. The van der Waals surface area contributed by atoms with Crippen molar-refractivity contribution in [3.63, 3.8) is 0 Å². The predicted octanol–water partition coefficient (Wildman–Crippen LogP) is 2.75. The van der Waals surface area contributed by atoms with Gasteiger partial charge in [0.15, 0.2) is 11.6 Å². The van der Waals surface area contributed by atoms with Gasteiger partial charge >= 0.3 is 0 Å². The average Bonchev–Trinajstić information content (AvgIpc) is 2.93. The summed E-state index contributed by atoms with van der Waals surface area (Å²) in [6.45, 7) is 1.97. The number of carbonyl (C=O) groups is 1. The van der Waals surface area contributed by atoms with E-state index in [2.05, 4.69) is 5.32 Å². The lowest BCUT2D eigenvalue weighted by atomic mass is 9.96. The van der Waals surface area contributed by atoms with Crippen LogP contribution in [0.3, 0.4) is 0 Å². The van der Waals surface area contributed by atoms with Crippen LogP contribution in [0.2, 0.25) is 0 Å². The van der Waals surface area contributed by atoms with E-state index in [4.69, 9.17) is 9.47 Å². The lowest BCUT2D eigenvalue weighted by molar-refractivity contribution is -0.122. The van der Waals surface area contributed by atoms with Crippen LogP contribution in [0.25, 0.3) is 0 Å². The Morgan fingerprint density at radius 2 is 1.87 bits per heavy atom. The Hall–Kier alpha value is -2.64. The van der Waals surface area contributed by atoms with Crippen LogP contribution in [-0.2, 0) is 11.3 Å². The second-order valence-corrected chi connectivity index (χ2v) is 7.66. The molecule has 2 N–H and O–H groups in total. The molecule has 6 nitrogen and oxygen atoms in total. The highest BCUT2D eigenvalue weighted by molar-refractivity contribution is 5.78. The van der Waals surface area contributed by atoms with Gasteiger partial charge in [0.25, 0.3) is 0 Å². The van der Waals surface area contributed by atoms with Gasteiger partial charge in [-0.15, -0.1) is 0 Å². The molecule has 1 saturated heterocycles. The number of nitrogens with one attached hydrogen (secondary N) is 1. The summed E-state index contributed by atoms with van der Waals surface area (Å²) in [6.07, 6.45) is 1.74. The largest absolute Gasteiger partial charge is 0.496 e. The monoisotopic (exact) mass is 416 g/mol. The van der Waals surface area contributed by atoms with Gasteiger partial charge in [-0.2, -0.15) is 0 Å². The Bertz CT molecular complexity index is 847. The van der Waals surface area contributed by atoms with Crippen LogP contribution in [0.4, 0.5) is 4.39 Å². The summed E-state index contributed by atoms with van der Waals surface area (Å²) >= 11 is 0. The van der Waals surface area contributed by atoms with Crippen LogP contribution >= 0.6 is 0 Å². The van der Waals surface area contributed by atoms with E-state index in [-0.39, 0.29) is 24.8 Å². The highest BCUT2D eigenvalue weighted by atomic mass is 19.1. The zero-order valence-corrected chi connectivity index (χ0v) is 17.3. The molecule has 0 aromatic heterocycles. The van der Waals surface area contributed by atoms with Gasteiger partial charge in [0.2, 0.25) is 5.91 Å². The van der Waals surface area contributed by atoms with Crippen LogP contribution < -0.4 is 14.8 Å². The predicted molar refractivity (Wildman–Crippen MR) is 112 cm³/mol. The van der Waals surface area contributed by atoms with E-state index in [1.807, 2.05) is 29.2 Å². The van der Waals surface area contributed by atoms with Gasteiger partial charge in [-0.1, -0.05) is 30.3 Å². The number of hydrogen-bond acceptors (Lipinski definition) is 5. The third-order valence-electron chi connectivity index (χ3n) is 5.38. The number of hydrogen-bond donors (Lipinski definition) is 2. The first-order valence-corrected chi connectivity index (χ1v) is 10.2. The zero-order chi connectivity index (χ0) is 21.4. The molecule has 2 aromatic carbocycles. The molecule has 1 aliphatic heterocycles. The second-order valence-electron chi connectivity index (χ2n) is 7.66. The van der Waals surface area contributed by atoms with Crippen molar-refractivity contribution in [1.29, 1.82) is 0 Å². The van der Waals surface area contributed by atoms with Gasteiger partial charge in [-0.05, 0) is 44.0 Å². The zero-order valence-electron chi connectivity index (χ0n) is 17.3. The molecule has 0 unspecified atom stereocenters. The van der Waals surface area contributed by atoms with Crippen molar-refractivity contribution in [2.75, 3.05) is 33.4 Å². The number of carbonyl (C=O) groups excluding carboxylic acids is 1. The number of aliphatic hydroxyl groups is 1. The first-order chi connectivity index (χ1) is 14.5. The Morgan fingerprint density at radius 1 is 1.13 bits per heavy atom. The van der Waals surface area contributed by atoms with Gasteiger partial charge in [-0.25, -0.2) is 4.39 Å². The summed E-state index contributed by atoms with van der Waals surface area (Å²) in [5.74, 6) is 0.368. The molecule has 162 valence electrons. The summed E-state index contributed by atoms with van der Waals surface area (Å²) < 4.78 is 24.6. The molecule has 0 bridgehead atoms. The van der Waals surface area contributed by atoms with E-state index in [0.717, 1.165) is 17.7 Å². The second kappa shape index (κ2) is 10.4. The third-order valence-corrected chi connectivity index (χ3v) is 5.38. The molecule has 1 atom stereocenters. The van der Waals surface area contributed by atoms with Crippen LogP contribution in [0.5, 0.6) is 11.5 Å². The van der Waals surface area contributed by atoms with E-state index < -0.39 is 11.4 Å². The molecule has 0 spiro atoms. The van der Waals surface area contributed by atoms with E-state index in [0.29, 0.717) is 32.5 Å². The van der Waals surface area contributed by atoms with Crippen molar-refractivity contribution >= 4 is 5.91 Å². The van der Waals surface area contributed by atoms with Gasteiger partial charge < -0.3 is 19.9 Å². The minimum Gasteiger partial charge on any atom is -0.496 e. The highest BCUT2D eigenvalue weighted by Gasteiger charge is 2.31. The fraction of sp³-hybridized carbons (Fsp3) is 0.435. The number of likely N-dealkylation sites (tertiary alicyclic amines) is 1. The Labute approximate surface area is 176 Å². The van der Waals surface area contributed by atoms with E-state index in [1.54, 1.807) is 25.3 Å². The Balaban J connectivity index is 1.46. The summed E-state index contributed by atoms with van der Waals surface area (Å²) in [4.78, 5) is 14.4. The number of nitrogens with zero attached hydrogens (tertiary/aromatic N) is 1. The molecular weight excluding hydrogens is 387 g/mol. The Morgan fingerprint density at radius 3 is 2.63 bits per heavy atom. The Kier molecular flexibility index (Phi) is 7.65. The lowest BCUT2D eigenvalue weighted by Gasteiger charge is -2.27. The molecule has 3 rings (SSSR count). The lowest BCUT2D eigenvalue weighted by Crippen LogP contribution is -2.40. The van der Waals surface area contributed by atoms with Crippen LogP contribution in [-0.4, -0.2) is 54.9 Å². The first-order valence-electron chi connectivity index (χ1n) is 10.2. The normalized spacial score (nSPS) is 19.7. The van der Waals surface area contributed by atoms with Crippen LogP contribution in [0, 0.1) is 5.82 Å². The number of ether oxygens (including phenoxy) is 2. The number of benzene rings is 2. The van der Waals surface area contributed by atoms with Crippen molar-refractivity contribution in [3.05, 3.63) is 59.9 Å². The maximum Gasteiger partial charge on any atom is 0.234 e. The molecule has 2 aromatic rings. The summed E-state index contributed by atoms with van der Waals surface area (Å²) in [5.41, 5.74) is -0.117. The van der Waals surface area contributed by atoms with Gasteiger partial charge in [0, 0.05) is 18.7 Å². The topological polar surface area (TPSA) is 71.0 Å². The minimum absolute atomic E-state index is 0.0295. The van der Waals surface area contributed by atoms with Crippen LogP contribution in [0.1, 0.15) is 24.8 Å². The van der Waals surface area contributed by atoms with Gasteiger partial charge in [0.05, 0.1) is 19.3 Å². The highest BCUT2D eigenvalue weighted by Crippen LogP contribution is 2.25. The fourth-order valence-corrected chi connectivity index (χ4v) is 3.61. The minimum atomic E-state index is -1.04. The molecule has 30 heavy (non-hydrogen) atoms. The fourth-order valence-electron chi connectivity index (χ4n) is 3.61. The maximum atomic E-state index is 13.7. The number of amides is 1. The van der Waals surface area contributed by atoms with Crippen LogP contribution in [0.15, 0.2) is 48.5 Å². The summed E-state index contributed by atoms with van der Waals surface area (Å²) in [5, 5.41) is 13.8. The number of rotatable bonds is 8. The molecule has 7 heteroatoms. The molecule has 1 aliphatic rings. The number of para-hydroxylation sites is 2. The van der Waals surface area contributed by atoms with Crippen molar-refractivity contribution in [2.24, 2.45) is 0 Å². The van der Waals surface area contributed by atoms with Crippen molar-refractivity contribution in [2.45, 2.75) is 31.4 Å². The van der Waals surface area contributed by atoms with E-state index >= 15 is 0 Å². The van der Waals surface area contributed by atoms with Gasteiger partial charge in [-0.3, -0.25) is 9.69 Å². The van der Waals surface area contributed by atoms with Crippen molar-refractivity contribution in [1.82, 2.24) is 10.2 Å². The summed E-state index contributed by atoms with van der Waals surface area (Å²) in [7, 11) is 1.61. The SMILES string of the molecule is COc1ccccc1CNC(=O)CN1CCC[C@](O)(COc2ccccc2F)CC1. The average molecular weight is 416 g/mol. The van der Waals surface area contributed by atoms with Gasteiger partial charge in [0.1, 0.15) is 12.4 Å². The first kappa shape index (κ1) is 22.1. The van der Waals surface area contributed by atoms with E-state index in [9.17, 15) is 14.3 Å². The molecule has 1 fully saturated rings.